The van der Waals surface area contributed by atoms with Gasteiger partial charge in [-0.1, -0.05) is 45.6 Å². The molecule has 0 aliphatic carbocycles. The number of nitrogens with zero attached hydrogens (tertiary/aromatic N) is 2. The van der Waals surface area contributed by atoms with Crippen LogP contribution in [-0.2, 0) is 9.59 Å². The quantitative estimate of drug-likeness (QED) is 0.155. The fourth-order valence-corrected chi connectivity index (χ4v) is 4.71. The van der Waals surface area contributed by atoms with Gasteiger partial charge in [-0.2, -0.15) is 0 Å². The number of unbranched alkanes of at least 4 members (excludes halogenated alkanes) is 5. The number of aliphatic carboxylic acids is 2. The van der Waals surface area contributed by atoms with Gasteiger partial charge >= 0.3 is 11.9 Å². The van der Waals surface area contributed by atoms with E-state index < -0.39 is 11.9 Å². The van der Waals surface area contributed by atoms with Crippen LogP contribution >= 0.6 is 23.1 Å². The molecule has 2 heterocycles. The summed E-state index contributed by atoms with van der Waals surface area (Å²) < 4.78 is 0. The Morgan fingerprint density at radius 2 is 1.59 bits per heavy atom. The Bertz CT molecular complexity index is 887. The van der Waals surface area contributed by atoms with Crippen LogP contribution in [0.1, 0.15) is 79.2 Å². The van der Waals surface area contributed by atoms with Gasteiger partial charge in [0.2, 0.25) is 5.78 Å². The van der Waals surface area contributed by atoms with Crippen LogP contribution in [0.2, 0.25) is 0 Å². The first-order valence-corrected chi connectivity index (χ1v) is 13.3. The number of carbonyl (C=O) groups excluding carboxylic acids is 1. The van der Waals surface area contributed by atoms with E-state index in [0.717, 1.165) is 26.9 Å². The van der Waals surface area contributed by atoms with E-state index >= 15 is 0 Å². The molecule has 0 saturated carbocycles. The standard InChI is InChI=1S/C23H34N2OS2.C2H2O4/c1-18(2)20-14-13-19(22(26)21-12-11-17-27-21)23(24-20)28-16-10-8-6-5-7-9-15-25(3)4;3-1(4)2(5)6/h11-14,17-18H,5-10,15-16H2,1-4H3;(H,3,4)(H,5,6). The van der Waals surface area contributed by atoms with Crippen molar-refractivity contribution in [3.8, 4) is 0 Å². The van der Waals surface area contributed by atoms with Gasteiger partial charge in [0.25, 0.3) is 0 Å². The maximum atomic E-state index is 12.8. The Morgan fingerprint density at radius 1 is 0.971 bits per heavy atom. The number of carboxylic acid groups (broad SMARTS) is 2. The second-order valence-electron chi connectivity index (χ2n) is 8.43. The lowest BCUT2D eigenvalue weighted by Crippen LogP contribution is -2.12. The molecule has 0 bridgehead atoms. The first kappa shape index (κ1) is 29.8. The molecule has 0 aromatic carbocycles. The zero-order chi connectivity index (χ0) is 25.5. The topological polar surface area (TPSA) is 108 Å². The monoisotopic (exact) mass is 508 g/mol. The summed E-state index contributed by atoms with van der Waals surface area (Å²) in [6.07, 6.45) is 7.67. The SMILES string of the molecule is CC(C)c1ccc(C(=O)c2cccs2)c(SCCCCCCCCN(C)C)n1.O=C(O)C(=O)O. The lowest BCUT2D eigenvalue weighted by Gasteiger charge is -2.11. The van der Waals surface area contributed by atoms with Crippen LogP contribution < -0.4 is 0 Å². The highest BCUT2D eigenvalue weighted by molar-refractivity contribution is 7.99. The van der Waals surface area contributed by atoms with Gasteiger partial charge < -0.3 is 15.1 Å². The van der Waals surface area contributed by atoms with Crippen molar-refractivity contribution in [2.75, 3.05) is 26.4 Å². The Balaban J connectivity index is 0.000000852. The molecule has 0 radical (unpaired) electrons. The van der Waals surface area contributed by atoms with Crippen molar-refractivity contribution >= 4 is 40.8 Å². The van der Waals surface area contributed by atoms with E-state index in [4.69, 9.17) is 24.8 Å². The van der Waals surface area contributed by atoms with E-state index in [1.807, 2.05) is 29.6 Å². The number of thiophene rings is 1. The zero-order valence-electron chi connectivity index (χ0n) is 20.5. The summed E-state index contributed by atoms with van der Waals surface area (Å²) in [6, 6.07) is 7.80. The fraction of sp³-hybridized carbons (Fsp3) is 0.520. The molecule has 0 saturated heterocycles. The van der Waals surface area contributed by atoms with E-state index in [1.165, 1.54) is 56.4 Å². The summed E-state index contributed by atoms with van der Waals surface area (Å²) in [5.74, 6) is -2.16. The molecule has 34 heavy (non-hydrogen) atoms. The number of pyridine rings is 1. The van der Waals surface area contributed by atoms with Gasteiger partial charge in [-0.25, -0.2) is 14.6 Å². The van der Waals surface area contributed by atoms with E-state index in [1.54, 1.807) is 11.8 Å². The number of hydrogen-bond donors (Lipinski definition) is 2. The predicted octanol–water partition coefficient (Wildman–Crippen LogP) is 5.65. The van der Waals surface area contributed by atoms with Crippen LogP contribution in [0.4, 0.5) is 0 Å². The Labute approximate surface area is 210 Å². The average Bonchev–Trinajstić information content (AvgIpc) is 3.32. The summed E-state index contributed by atoms with van der Waals surface area (Å²) in [5, 5.41) is 17.6. The van der Waals surface area contributed by atoms with Crippen molar-refractivity contribution < 1.29 is 24.6 Å². The number of ketones is 1. The average molecular weight is 509 g/mol. The first-order chi connectivity index (χ1) is 16.1. The molecule has 0 spiro atoms. The number of carboxylic acids is 2. The van der Waals surface area contributed by atoms with Crippen LogP contribution in [0.15, 0.2) is 34.7 Å². The summed E-state index contributed by atoms with van der Waals surface area (Å²) in [6.45, 7) is 5.48. The number of thioether (sulfide) groups is 1. The van der Waals surface area contributed by atoms with E-state index in [2.05, 4.69) is 32.8 Å². The van der Waals surface area contributed by atoms with Crippen LogP contribution in [0.5, 0.6) is 0 Å². The lowest BCUT2D eigenvalue weighted by molar-refractivity contribution is -0.159. The van der Waals surface area contributed by atoms with Crippen molar-refractivity contribution in [2.24, 2.45) is 0 Å². The van der Waals surface area contributed by atoms with Crippen LogP contribution in [-0.4, -0.2) is 64.2 Å². The molecule has 2 N–H and O–H groups in total. The first-order valence-electron chi connectivity index (χ1n) is 11.5. The third-order valence-electron chi connectivity index (χ3n) is 4.88. The smallest absolute Gasteiger partial charge is 0.414 e. The molecule has 188 valence electrons. The Hall–Kier alpha value is -2.23. The van der Waals surface area contributed by atoms with Crippen LogP contribution in [0.3, 0.4) is 0 Å². The van der Waals surface area contributed by atoms with E-state index in [0.29, 0.717) is 5.92 Å². The summed E-state index contributed by atoms with van der Waals surface area (Å²) in [4.78, 5) is 38.9. The molecule has 0 atom stereocenters. The molecule has 2 rings (SSSR count). The van der Waals surface area contributed by atoms with Gasteiger partial charge in [-0.05, 0) is 68.7 Å². The molecule has 0 amide bonds. The van der Waals surface area contributed by atoms with Crippen molar-refractivity contribution in [2.45, 2.75) is 63.3 Å². The Kier molecular flexibility index (Phi) is 14.4. The maximum Gasteiger partial charge on any atom is 0.414 e. The summed E-state index contributed by atoms with van der Waals surface area (Å²) in [5.41, 5.74) is 1.81. The third-order valence-corrected chi connectivity index (χ3v) is 6.83. The van der Waals surface area contributed by atoms with Gasteiger partial charge in [0.05, 0.1) is 10.4 Å². The number of rotatable bonds is 13. The van der Waals surface area contributed by atoms with Gasteiger partial charge in [0.1, 0.15) is 5.03 Å². The molecule has 0 unspecified atom stereocenters. The molecule has 0 aliphatic heterocycles. The second-order valence-corrected chi connectivity index (χ2v) is 10.5. The zero-order valence-corrected chi connectivity index (χ0v) is 22.1. The molecular formula is C25H36N2O5S2. The molecule has 7 nitrogen and oxygen atoms in total. The number of hydrogen-bond acceptors (Lipinski definition) is 7. The highest BCUT2D eigenvalue weighted by Crippen LogP contribution is 2.28. The molecular weight excluding hydrogens is 472 g/mol. The largest absolute Gasteiger partial charge is 0.473 e. The summed E-state index contributed by atoms with van der Waals surface area (Å²) in [7, 11) is 4.27. The Morgan fingerprint density at radius 3 is 2.12 bits per heavy atom. The van der Waals surface area contributed by atoms with Crippen molar-refractivity contribution in [1.29, 1.82) is 0 Å². The number of carbonyl (C=O) groups is 3. The highest BCUT2D eigenvalue weighted by atomic mass is 32.2. The highest BCUT2D eigenvalue weighted by Gasteiger charge is 2.17. The van der Waals surface area contributed by atoms with Gasteiger partial charge in [0.15, 0.2) is 0 Å². The number of aromatic nitrogens is 1. The van der Waals surface area contributed by atoms with Gasteiger partial charge in [-0.3, -0.25) is 4.79 Å². The van der Waals surface area contributed by atoms with Crippen LogP contribution in [0, 0.1) is 0 Å². The fourth-order valence-electron chi connectivity index (χ4n) is 3.01. The molecule has 0 aliphatic rings. The normalized spacial score (nSPS) is 10.8. The van der Waals surface area contributed by atoms with E-state index in [9.17, 15) is 4.79 Å². The van der Waals surface area contributed by atoms with Crippen LogP contribution in [0.25, 0.3) is 0 Å². The van der Waals surface area contributed by atoms with E-state index in [-0.39, 0.29) is 5.78 Å². The minimum atomic E-state index is -1.82. The maximum absolute atomic E-state index is 12.8. The molecule has 2 aromatic rings. The molecule has 0 fully saturated rings. The summed E-state index contributed by atoms with van der Waals surface area (Å²) >= 11 is 3.24. The molecule has 9 heteroatoms. The minimum absolute atomic E-state index is 0.0983. The minimum Gasteiger partial charge on any atom is -0.473 e. The van der Waals surface area contributed by atoms with Gasteiger partial charge in [-0.15, -0.1) is 23.1 Å². The van der Waals surface area contributed by atoms with Crippen molar-refractivity contribution in [1.82, 2.24) is 9.88 Å². The molecule has 2 aromatic heterocycles. The van der Waals surface area contributed by atoms with Crippen molar-refractivity contribution in [3.05, 3.63) is 45.8 Å². The second kappa shape index (κ2) is 16.4. The van der Waals surface area contributed by atoms with Gasteiger partial charge in [0, 0.05) is 5.69 Å². The third kappa shape index (κ3) is 11.8. The van der Waals surface area contributed by atoms with Crippen molar-refractivity contribution in [3.63, 3.8) is 0 Å². The lowest BCUT2D eigenvalue weighted by atomic mass is 10.1. The predicted molar refractivity (Wildman–Crippen MR) is 138 cm³/mol.